The van der Waals surface area contributed by atoms with Crippen molar-refractivity contribution in [2.45, 2.75) is 12.7 Å². The maximum atomic E-state index is 12.3. The third kappa shape index (κ3) is 2.78. The number of anilines is 1. The van der Waals surface area contributed by atoms with Gasteiger partial charge in [-0.1, -0.05) is 15.9 Å². The number of alkyl halides is 3. The summed E-state index contributed by atoms with van der Waals surface area (Å²) in [6.07, 6.45) is -4.39. The monoisotopic (exact) mass is 321 g/mol. The first-order valence-corrected chi connectivity index (χ1v) is 5.54. The summed E-state index contributed by atoms with van der Waals surface area (Å²) in [5, 5.41) is 10.2. The summed E-state index contributed by atoms with van der Waals surface area (Å²) >= 11 is 3.22. The van der Waals surface area contributed by atoms with Gasteiger partial charge in [-0.25, -0.2) is 4.68 Å². The van der Waals surface area contributed by atoms with Gasteiger partial charge in [0.1, 0.15) is 6.54 Å². The van der Waals surface area contributed by atoms with Crippen molar-refractivity contribution in [3.63, 3.8) is 0 Å². The maximum absolute atomic E-state index is 12.3. The fourth-order valence-corrected chi connectivity index (χ4v) is 1.81. The molecule has 2 aromatic rings. The number of nitrogens with two attached hydrogens (primary N) is 1. The highest BCUT2D eigenvalue weighted by Gasteiger charge is 2.30. The lowest BCUT2D eigenvalue weighted by molar-refractivity contribution is -0.142. The highest BCUT2D eigenvalue weighted by molar-refractivity contribution is 9.10. The van der Waals surface area contributed by atoms with Crippen LogP contribution < -0.4 is 5.73 Å². The van der Waals surface area contributed by atoms with Gasteiger partial charge >= 0.3 is 6.18 Å². The molecule has 0 bridgehead atoms. The van der Waals surface area contributed by atoms with E-state index in [2.05, 4.69) is 31.5 Å². The molecule has 0 radical (unpaired) electrons. The summed E-state index contributed by atoms with van der Waals surface area (Å²) in [5.41, 5.74) is 6.41. The van der Waals surface area contributed by atoms with E-state index in [9.17, 15) is 13.2 Å². The van der Waals surface area contributed by atoms with Crippen LogP contribution in [0.2, 0.25) is 0 Å². The molecule has 18 heavy (non-hydrogen) atoms. The molecule has 96 valence electrons. The fraction of sp³-hybridized carbons (Fsp3) is 0.222. The van der Waals surface area contributed by atoms with Crippen molar-refractivity contribution in [1.82, 2.24) is 20.2 Å². The molecule has 1 aromatic carbocycles. The van der Waals surface area contributed by atoms with E-state index in [0.29, 0.717) is 20.4 Å². The minimum Gasteiger partial charge on any atom is -0.399 e. The molecule has 1 heterocycles. The standard InChI is InChI=1S/C9H7BrF3N5/c10-7-2-1-5(14)3-6(7)8-15-16-17-18(8)4-9(11,12)13/h1-3H,4,14H2. The van der Waals surface area contributed by atoms with Crippen molar-refractivity contribution in [3.05, 3.63) is 22.7 Å². The van der Waals surface area contributed by atoms with Gasteiger partial charge in [0.2, 0.25) is 0 Å². The van der Waals surface area contributed by atoms with E-state index < -0.39 is 12.7 Å². The van der Waals surface area contributed by atoms with Crippen LogP contribution in [0.3, 0.4) is 0 Å². The molecule has 1 aromatic heterocycles. The van der Waals surface area contributed by atoms with Crippen molar-refractivity contribution in [3.8, 4) is 11.4 Å². The molecule has 0 saturated carbocycles. The molecule has 0 unspecified atom stereocenters. The van der Waals surface area contributed by atoms with Crippen LogP contribution in [0.5, 0.6) is 0 Å². The highest BCUT2D eigenvalue weighted by Crippen LogP contribution is 2.29. The molecule has 0 aliphatic heterocycles. The SMILES string of the molecule is Nc1ccc(Br)c(-c2nnnn2CC(F)(F)F)c1. The van der Waals surface area contributed by atoms with E-state index >= 15 is 0 Å². The molecule has 0 aliphatic carbocycles. The Labute approximate surface area is 108 Å². The van der Waals surface area contributed by atoms with E-state index in [0.717, 1.165) is 0 Å². The van der Waals surface area contributed by atoms with Crippen molar-refractivity contribution >= 4 is 21.6 Å². The Morgan fingerprint density at radius 3 is 2.72 bits per heavy atom. The zero-order chi connectivity index (χ0) is 13.3. The Morgan fingerprint density at radius 1 is 1.33 bits per heavy atom. The van der Waals surface area contributed by atoms with Crippen LogP contribution in [-0.2, 0) is 6.54 Å². The molecular formula is C9H7BrF3N5. The maximum Gasteiger partial charge on any atom is 0.408 e. The van der Waals surface area contributed by atoms with Crippen LogP contribution in [0.1, 0.15) is 0 Å². The molecule has 2 N–H and O–H groups in total. The Balaban J connectivity index is 2.45. The van der Waals surface area contributed by atoms with Crippen LogP contribution in [0.25, 0.3) is 11.4 Å². The Kier molecular flexibility index (Phi) is 3.24. The molecule has 5 nitrogen and oxygen atoms in total. The molecule has 0 atom stereocenters. The van der Waals surface area contributed by atoms with Gasteiger partial charge in [0.25, 0.3) is 0 Å². The zero-order valence-electron chi connectivity index (χ0n) is 8.82. The number of benzene rings is 1. The van der Waals surface area contributed by atoms with Crippen molar-refractivity contribution in [2.75, 3.05) is 5.73 Å². The number of rotatable bonds is 2. The molecule has 0 fully saturated rings. The lowest BCUT2D eigenvalue weighted by atomic mass is 10.2. The summed E-state index contributed by atoms with van der Waals surface area (Å²) in [6, 6.07) is 4.74. The van der Waals surface area contributed by atoms with Crippen LogP contribution in [0.15, 0.2) is 22.7 Å². The quantitative estimate of drug-likeness (QED) is 0.861. The lowest BCUT2D eigenvalue weighted by Gasteiger charge is -2.09. The zero-order valence-corrected chi connectivity index (χ0v) is 10.4. The topological polar surface area (TPSA) is 69.6 Å². The minimum absolute atomic E-state index is 0.00602. The molecule has 0 saturated heterocycles. The van der Waals surface area contributed by atoms with Crippen molar-refractivity contribution in [1.29, 1.82) is 0 Å². The lowest BCUT2D eigenvalue weighted by Crippen LogP contribution is -2.19. The van der Waals surface area contributed by atoms with Gasteiger partial charge in [-0.15, -0.1) is 5.10 Å². The van der Waals surface area contributed by atoms with E-state index in [1.54, 1.807) is 12.1 Å². The Bertz CT molecular complexity index is 566. The molecule has 0 aliphatic rings. The first-order valence-electron chi connectivity index (χ1n) is 4.75. The number of nitrogens with zero attached hydrogens (tertiary/aromatic N) is 4. The first kappa shape index (κ1) is 12.8. The summed E-state index contributed by atoms with van der Waals surface area (Å²) in [4.78, 5) is 0. The molecular weight excluding hydrogens is 315 g/mol. The molecule has 2 rings (SSSR count). The van der Waals surface area contributed by atoms with Gasteiger partial charge in [0.05, 0.1) is 0 Å². The summed E-state index contributed by atoms with van der Waals surface area (Å²) < 4.78 is 38.3. The normalized spacial score (nSPS) is 11.8. The summed E-state index contributed by atoms with van der Waals surface area (Å²) in [7, 11) is 0. The van der Waals surface area contributed by atoms with E-state index in [-0.39, 0.29) is 5.82 Å². The number of hydrogen-bond acceptors (Lipinski definition) is 4. The van der Waals surface area contributed by atoms with E-state index in [1.165, 1.54) is 6.07 Å². The number of nitrogen functional groups attached to an aromatic ring is 1. The van der Waals surface area contributed by atoms with Crippen molar-refractivity contribution in [2.24, 2.45) is 0 Å². The van der Waals surface area contributed by atoms with Gasteiger partial charge < -0.3 is 5.73 Å². The molecule has 0 amide bonds. The fourth-order valence-electron chi connectivity index (χ4n) is 1.39. The average molecular weight is 322 g/mol. The van der Waals surface area contributed by atoms with Gasteiger partial charge in [-0.3, -0.25) is 0 Å². The van der Waals surface area contributed by atoms with Crippen LogP contribution in [0, 0.1) is 0 Å². The third-order valence-corrected chi connectivity index (χ3v) is 2.78. The highest BCUT2D eigenvalue weighted by atomic mass is 79.9. The van der Waals surface area contributed by atoms with Gasteiger partial charge in [-0.05, 0) is 28.6 Å². The van der Waals surface area contributed by atoms with Crippen molar-refractivity contribution < 1.29 is 13.2 Å². The second kappa shape index (κ2) is 4.56. The minimum atomic E-state index is -4.39. The Hall–Kier alpha value is -1.64. The van der Waals surface area contributed by atoms with E-state index in [4.69, 9.17) is 5.73 Å². The largest absolute Gasteiger partial charge is 0.408 e. The second-order valence-electron chi connectivity index (χ2n) is 3.51. The predicted molar refractivity (Wildman–Crippen MR) is 61.4 cm³/mol. The van der Waals surface area contributed by atoms with Crippen LogP contribution >= 0.6 is 15.9 Å². The van der Waals surface area contributed by atoms with Gasteiger partial charge in [0, 0.05) is 15.7 Å². The average Bonchev–Trinajstić information content (AvgIpc) is 2.67. The van der Waals surface area contributed by atoms with Gasteiger partial charge in [0.15, 0.2) is 5.82 Å². The second-order valence-corrected chi connectivity index (χ2v) is 4.37. The van der Waals surface area contributed by atoms with Crippen LogP contribution in [0.4, 0.5) is 18.9 Å². The third-order valence-electron chi connectivity index (χ3n) is 2.09. The van der Waals surface area contributed by atoms with Crippen LogP contribution in [-0.4, -0.2) is 26.4 Å². The first-order chi connectivity index (χ1) is 8.37. The number of tetrazole rings is 1. The number of aromatic nitrogens is 4. The van der Waals surface area contributed by atoms with Gasteiger partial charge in [-0.2, -0.15) is 13.2 Å². The van der Waals surface area contributed by atoms with E-state index in [1.807, 2.05) is 0 Å². The smallest absolute Gasteiger partial charge is 0.399 e. The summed E-state index contributed by atoms with van der Waals surface area (Å²) in [6.45, 7) is -1.25. The Morgan fingerprint density at radius 2 is 2.06 bits per heavy atom. The summed E-state index contributed by atoms with van der Waals surface area (Å²) in [5.74, 6) is 0.00602. The molecule has 0 spiro atoms. The number of halogens is 4. The number of hydrogen-bond donors (Lipinski definition) is 1. The predicted octanol–water partition coefficient (Wildman–Crippen LogP) is 2.25. The molecule has 9 heteroatoms.